The highest BCUT2D eigenvalue weighted by molar-refractivity contribution is 5.94. The Hall–Kier alpha value is -1.86. The van der Waals surface area contributed by atoms with E-state index < -0.39 is 6.04 Å². The predicted molar refractivity (Wildman–Crippen MR) is 92.8 cm³/mol. The molecule has 8 heteroatoms. The van der Waals surface area contributed by atoms with Crippen LogP contribution < -0.4 is 21.3 Å². The summed E-state index contributed by atoms with van der Waals surface area (Å²) in [5.74, 6) is 0.629. The zero-order valence-corrected chi connectivity index (χ0v) is 14.2. The van der Waals surface area contributed by atoms with E-state index in [0.717, 1.165) is 18.8 Å². The van der Waals surface area contributed by atoms with Gasteiger partial charge in [-0.05, 0) is 18.1 Å². The number of nitrogens with zero attached hydrogens (tertiary/aromatic N) is 2. The molecule has 2 heterocycles. The molecular weight excluding hydrogens is 318 g/mol. The first-order chi connectivity index (χ1) is 10.5. The van der Waals surface area contributed by atoms with Crippen LogP contribution in [0.3, 0.4) is 0 Å². The van der Waals surface area contributed by atoms with Gasteiger partial charge < -0.3 is 21.3 Å². The first-order valence-corrected chi connectivity index (χ1v) is 7.55. The van der Waals surface area contributed by atoms with Crippen LogP contribution in [0, 0.1) is 5.92 Å². The van der Waals surface area contributed by atoms with Crippen molar-refractivity contribution >= 4 is 35.7 Å². The quantitative estimate of drug-likeness (QED) is 0.733. The van der Waals surface area contributed by atoms with Gasteiger partial charge in [0.25, 0.3) is 0 Å². The average molecular weight is 342 g/mol. The molecule has 1 aliphatic heterocycles. The van der Waals surface area contributed by atoms with Gasteiger partial charge in [0.15, 0.2) is 0 Å². The fourth-order valence-corrected chi connectivity index (χ4v) is 2.22. The third kappa shape index (κ3) is 5.07. The highest BCUT2D eigenvalue weighted by Crippen LogP contribution is 2.16. The Morgan fingerprint density at radius 3 is 2.83 bits per heavy atom. The molecule has 0 saturated carbocycles. The summed E-state index contributed by atoms with van der Waals surface area (Å²) in [7, 11) is 0. The molecule has 0 aliphatic carbocycles. The Morgan fingerprint density at radius 1 is 1.52 bits per heavy atom. The predicted octanol–water partition coefficient (Wildman–Crippen LogP) is 0.752. The number of halogens is 1. The van der Waals surface area contributed by atoms with Gasteiger partial charge in [0.1, 0.15) is 5.82 Å². The molecule has 0 spiro atoms. The van der Waals surface area contributed by atoms with E-state index in [4.69, 9.17) is 5.73 Å². The molecule has 1 aliphatic rings. The zero-order chi connectivity index (χ0) is 16.1. The van der Waals surface area contributed by atoms with Crippen LogP contribution in [0.4, 0.5) is 11.5 Å². The molecule has 1 aromatic heterocycles. The maximum absolute atomic E-state index is 12.0. The maximum Gasteiger partial charge on any atom is 0.241 e. The molecule has 1 fully saturated rings. The van der Waals surface area contributed by atoms with Crippen molar-refractivity contribution in [3.8, 4) is 0 Å². The minimum atomic E-state index is -0.532. The molecular formula is C15H24ClN5O2. The summed E-state index contributed by atoms with van der Waals surface area (Å²) in [6.07, 6.45) is 2.44. The molecule has 23 heavy (non-hydrogen) atoms. The number of aromatic nitrogens is 1. The monoisotopic (exact) mass is 341 g/mol. The number of hydrogen-bond donors (Lipinski definition) is 3. The molecule has 2 atom stereocenters. The van der Waals surface area contributed by atoms with Crippen LogP contribution in [-0.4, -0.2) is 42.5 Å². The number of amides is 2. The van der Waals surface area contributed by atoms with Crippen LogP contribution in [0.25, 0.3) is 0 Å². The number of nitrogens with one attached hydrogen (secondary N) is 2. The number of rotatable bonds is 5. The van der Waals surface area contributed by atoms with Crippen molar-refractivity contribution in [3.63, 3.8) is 0 Å². The van der Waals surface area contributed by atoms with E-state index in [0.29, 0.717) is 18.8 Å². The average Bonchev–Trinajstić information content (AvgIpc) is 2.54. The molecule has 0 aromatic carbocycles. The highest BCUT2D eigenvalue weighted by Gasteiger charge is 2.20. The second-order valence-electron chi connectivity index (χ2n) is 5.58. The number of piperazine rings is 1. The van der Waals surface area contributed by atoms with Crippen molar-refractivity contribution in [2.45, 2.75) is 26.3 Å². The van der Waals surface area contributed by atoms with Crippen LogP contribution in [-0.2, 0) is 9.59 Å². The Labute approximate surface area is 142 Å². The van der Waals surface area contributed by atoms with E-state index in [1.165, 1.54) is 0 Å². The summed E-state index contributed by atoms with van der Waals surface area (Å²) in [6.45, 7) is 5.60. The van der Waals surface area contributed by atoms with Gasteiger partial charge in [-0.2, -0.15) is 0 Å². The third-order valence-electron chi connectivity index (χ3n) is 3.94. The topological polar surface area (TPSA) is 100 Å². The van der Waals surface area contributed by atoms with Gasteiger partial charge in [-0.1, -0.05) is 20.3 Å². The van der Waals surface area contributed by atoms with Gasteiger partial charge in [-0.25, -0.2) is 4.98 Å². The summed E-state index contributed by atoms with van der Waals surface area (Å²) < 4.78 is 0. The molecule has 0 radical (unpaired) electrons. The molecule has 128 valence electrons. The highest BCUT2D eigenvalue weighted by atomic mass is 35.5. The molecule has 2 unspecified atom stereocenters. The van der Waals surface area contributed by atoms with Gasteiger partial charge in [0, 0.05) is 13.1 Å². The second kappa shape index (κ2) is 8.69. The van der Waals surface area contributed by atoms with Crippen molar-refractivity contribution in [2.24, 2.45) is 11.7 Å². The van der Waals surface area contributed by atoms with E-state index in [-0.39, 0.29) is 30.1 Å². The normalized spacial score (nSPS) is 16.8. The molecule has 2 rings (SSSR count). The molecule has 0 bridgehead atoms. The fraction of sp³-hybridized carbons (Fsp3) is 0.533. The lowest BCUT2D eigenvalue weighted by atomic mass is 9.99. The summed E-state index contributed by atoms with van der Waals surface area (Å²) in [6, 6.07) is 3.04. The van der Waals surface area contributed by atoms with E-state index in [1.54, 1.807) is 18.3 Å². The maximum atomic E-state index is 12.0. The van der Waals surface area contributed by atoms with Crippen molar-refractivity contribution in [1.82, 2.24) is 10.3 Å². The summed E-state index contributed by atoms with van der Waals surface area (Å²) >= 11 is 0. The van der Waals surface area contributed by atoms with Crippen LogP contribution in [0.2, 0.25) is 0 Å². The molecule has 2 amide bonds. The second-order valence-corrected chi connectivity index (χ2v) is 5.58. The number of nitrogens with two attached hydrogens (primary N) is 1. The van der Waals surface area contributed by atoms with E-state index in [2.05, 4.69) is 15.6 Å². The lowest BCUT2D eigenvalue weighted by Crippen LogP contribution is -2.48. The smallest absolute Gasteiger partial charge is 0.241 e. The third-order valence-corrected chi connectivity index (χ3v) is 3.94. The lowest BCUT2D eigenvalue weighted by molar-refractivity contribution is -0.120. The fourth-order valence-electron chi connectivity index (χ4n) is 2.22. The van der Waals surface area contributed by atoms with Crippen molar-refractivity contribution in [3.05, 3.63) is 18.3 Å². The summed E-state index contributed by atoms with van der Waals surface area (Å²) in [4.78, 5) is 29.6. The van der Waals surface area contributed by atoms with Crippen LogP contribution >= 0.6 is 12.4 Å². The first-order valence-electron chi connectivity index (χ1n) is 7.55. The van der Waals surface area contributed by atoms with Crippen molar-refractivity contribution in [1.29, 1.82) is 0 Å². The Balaban J connectivity index is 0.00000264. The number of pyridine rings is 1. The van der Waals surface area contributed by atoms with Gasteiger partial charge in [0.2, 0.25) is 11.8 Å². The van der Waals surface area contributed by atoms with Gasteiger partial charge in [0.05, 0.1) is 24.5 Å². The molecule has 1 aromatic rings. The standard InChI is InChI=1S/C15H23N5O2.ClH/c1-3-10(2)14(16)15(22)19-11-4-5-12(18-8-11)20-7-6-17-13(21)9-20;/h4-5,8,10,14H,3,6-7,9,16H2,1-2H3,(H,17,21)(H,19,22);1H. The van der Waals surface area contributed by atoms with Crippen LogP contribution in [0.1, 0.15) is 20.3 Å². The van der Waals surface area contributed by atoms with E-state index in [1.807, 2.05) is 18.7 Å². The molecule has 4 N–H and O–H groups in total. The van der Waals surface area contributed by atoms with E-state index >= 15 is 0 Å². The Morgan fingerprint density at radius 2 is 2.26 bits per heavy atom. The largest absolute Gasteiger partial charge is 0.353 e. The van der Waals surface area contributed by atoms with Crippen molar-refractivity contribution < 1.29 is 9.59 Å². The zero-order valence-electron chi connectivity index (χ0n) is 13.4. The SMILES string of the molecule is CCC(C)C(N)C(=O)Nc1ccc(N2CCNC(=O)C2)nc1.Cl. The van der Waals surface area contributed by atoms with Crippen LogP contribution in [0.5, 0.6) is 0 Å². The van der Waals surface area contributed by atoms with Gasteiger partial charge in [-0.3, -0.25) is 9.59 Å². The molecule has 1 saturated heterocycles. The number of carbonyl (C=O) groups excluding carboxylic acids is 2. The van der Waals surface area contributed by atoms with Gasteiger partial charge >= 0.3 is 0 Å². The van der Waals surface area contributed by atoms with Crippen LogP contribution in [0.15, 0.2) is 18.3 Å². The Bertz CT molecular complexity index is 537. The lowest BCUT2D eigenvalue weighted by Gasteiger charge is -2.27. The number of hydrogen-bond acceptors (Lipinski definition) is 5. The minimum Gasteiger partial charge on any atom is -0.353 e. The number of carbonyl (C=O) groups is 2. The summed E-state index contributed by atoms with van der Waals surface area (Å²) in [5.41, 5.74) is 6.50. The van der Waals surface area contributed by atoms with Gasteiger partial charge in [-0.15, -0.1) is 12.4 Å². The van der Waals surface area contributed by atoms with E-state index in [9.17, 15) is 9.59 Å². The molecule has 7 nitrogen and oxygen atoms in total. The summed E-state index contributed by atoms with van der Waals surface area (Å²) in [5, 5.41) is 5.54. The Kier molecular flexibility index (Phi) is 7.25. The van der Waals surface area contributed by atoms with Crippen molar-refractivity contribution in [2.75, 3.05) is 29.9 Å². The minimum absolute atomic E-state index is 0. The first kappa shape index (κ1) is 19.2. The number of anilines is 2.